The van der Waals surface area contributed by atoms with E-state index in [1.807, 2.05) is 0 Å². The molecule has 1 fully saturated rings. The number of hydrogen-bond acceptors (Lipinski definition) is 5. The maximum absolute atomic E-state index is 13.3. The molecule has 4 N–H and O–H groups in total. The van der Waals surface area contributed by atoms with E-state index in [0.29, 0.717) is 18.0 Å². The van der Waals surface area contributed by atoms with Gasteiger partial charge in [0.15, 0.2) is 11.5 Å². The van der Waals surface area contributed by atoms with E-state index in [1.54, 1.807) is 6.07 Å². The van der Waals surface area contributed by atoms with E-state index in [1.165, 1.54) is 19.2 Å². The van der Waals surface area contributed by atoms with Crippen molar-refractivity contribution in [2.45, 2.75) is 25.2 Å². The summed E-state index contributed by atoms with van der Waals surface area (Å²) < 4.78 is 18.6. The van der Waals surface area contributed by atoms with Crippen molar-refractivity contribution in [3.05, 3.63) is 29.7 Å². The fourth-order valence-electron chi connectivity index (χ4n) is 3.39. The van der Waals surface area contributed by atoms with E-state index < -0.39 is 6.03 Å². The van der Waals surface area contributed by atoms with Crippen molar-refractivity contribution in [1.82, 2.24) is 20.3 Å². The Balaban J connectivity index is 1.42. The summed E-state index contributed by atoms with van der Waals surface area (Å²) in [6, 6.07) is 3.91. The van der Waals surface area contributed by atoms with Crippen LogP contribution < -0.4 is 11.1 Å². The van der Waals surface area contributed by atoms with Crippen LogP contribution in [0.5, 0.6) is 0 Å². The second kappa shape index (κ2) is 8.34. The lowest BCUT2D eigenvalue weighted by Crippen LogP contribution is -2.45. The molecule has 1 aliphatic rings. The average Bonchev–Trinajstić information content (AvgIpc) is 3.07. The fourth-order valence-corrected chi connectivity index (χ4v) is 3.39. The molecular weight excluding hydrogens is 351 g/mol. The number of aromatic nitrogens is 1. The number of primary amides is 1. The van der Waals surface area contributed by atoms with Crippen molar-refractivity contribution < 1.29 is 13.7 Å². The van der Waals surface area contributed by atoms with Crippen LogP contribution in [0.15, 0.2) is 22.7 Å². The second-order valence-electron chi connectivity index (χ2n) is 6.85. The van der Waals surface area contributed by atoms with Gasteiger partial charge in [0.2, 0.25) is 0 Å². The molecule has 1 aromatic heterocycles. The highest BCUT2D eigenvalue weighted by atomic mass is 19.1. The predicted octanol–water partition coefficient (Wildman–Crippen LogP) is 2.07. The van der Waals surface area contributed by atoms with Crippen LogP contribution in [0.25, 0.3) is 11.0 Å². The molecule has 0 spiro atoms. The summed E-state index contributed by atoms with van der Waals surface area (Å²) in [4.78, 5) is 14.4. The molecule has 0 unspecified atom stereocenters. The Kier molecular flexibility index (Phi) is 5.90. The Bertz CT molecular complexity index is 815. The van der Waals surface area contributed by atoms with Crippen LogP contribution >= 0.6 is 0 Å². The lowest BCUT2D eigenvalue weighted by Gasteiger charge is -2.31. The number of piperidine rings is 1. The lowest BCUT2D eigenvalue weighted by atomic mass is 9.91. The highest BCUT2D eigenvalue weighted by molar-refractivity contribution is 5.93. The van der Waals surface area contributed by atoms with Crippen LogP contribution in [0.3, 0.4) is 0 Å². The molecule has 9 heteroatoms. The Morgan fingerprint density at radius 3 is 2.93 bits per heavy atom. The van der Waals surface area contributed by atoms with Crippen LogP contribution in [-0.2, 0) is 0 Å². The molecule has 1 aliphatic heterocycles. The van der Waals surface area contributed by atoms with Gasteiger partial charge in [0.05, 0.1) is 5.69 Å². The van der Waals surface area contributed by atoms with Gasteiger partial charge >= 0.3 is 6.03 Å². The maximum Gasteiger partial charge on any atom is 0.321 e. The zero-order valence-corrected chi connectivity index (χ0v) is 15.4. The number of carbonyl (C=O) groups is 1. The van der Waals surface area contributed by atoms with E-state index >= 15 is 0 Å². The first-order valence-corrected chi connectivity index (χ1v) is 9.08. The van der Waals surface area contributed by atoms with Crippen molar-refractivity contribution >= 4 is 23.0 Å². The molecular formula is C18H25FN6O2. The van der Waals surface area contributed by atoms with Crippen molar-refractivity contribution in [3.63, 3.8) is 0 Å². The minimum atomic E-state index is -0.655. The van der Waals surface area contributed by atoms with Crippen LogP contribution in [0.1, 0.15) is 30.9 Å². The van der Waals surface area contributed by atoms with Crippen LogP contribution in [0, 0.1) is 11.2 Å². The van der Waals surface area contributed by atoms with Crippen molar-refractivity contribution in [3.8, 4) is 0 Å². The minimum absolute atomic E-state index is 0.00977. The second-order valence-corrected chi connectivity index (χ2v) is 6.85. The highest BCUT2D eigenvalue weighted by Crippen LogP contribution is 2.32. The lowest BCUT2D eigenvalue weighted by molar-refractivity contribution is 0.207. The standard InChI is InChI=1S/C18H25FN6O2/c1-24(18(21)26)17(20)22-7-2-8-25-9-5-12(6-10-25)16-14-4-3-13(19)11-15(14)27-23-16/h3-4,11-12H,2,5-10H2,1H3,(H2,20,22)(H2,21,26). The number of halogens is 1. The predicted molar refractivity (Wildman–Crippen MR) is 100 cm³/mol. The molecule has 27 heavy (non-hydrogen) atoms. The van der Waals surface area contributed by atoms with E-state index in [-0.39, 0.29) is 11.8 Å². The number of likely N-dealkylation sites (tertiary alicyclic amines) is 1. The number of hydrogen-bond donors (Lipinski definition) is 3. The van der Waals surface area contributed by atoms with Gasteiger partial charge in [0.25, 0.3) is 0 Å². The molecule has 1 aromatic carbocycles. The van der Waals surface area contributed by atoms with Gasteiger partial charge in [-0.15, -0.1) is 0 Å². The molecule has 3 rings (SSSR count). The summed E-state index contributed by atoms with van der Waals surface area (Å²) >= 11 is 0. The number of rotatable bonds is 5. The smallest absolute Gasteiger partial charge is 0.321 e. The third kappa shape index (κ3) is 4.54. The molecule has 8 nitrogen and oxygen atoms in total. The fraction of sp³-hybridized carbons (Fsp3) is 0.500. The first-order valence-electron chi connectivity index (χ1n) is 9.08. The number of nitrogens with two attached hydrogens (primary N) is 1. The first-order chi connectivity index (χ1) is 13.0. The van der Waals surface area contributed by atoms with Crippen LogP contribution in [0.2, 0.25) is 0 Å². The number of benzene rings is 1. The van der Waals surface area contributed by atoms with E-state index in [4.69, 9.17) is 15.7 Å². The van der Waals surface area contributed by atoms with E-state index in [9.17, 15) is 9.18 Å². The summed E-state index contributed by atoms with van der Waals surface area (Å²) in [5.41, 5.74) is 6.55. The Labute approximate surface area is 157 Å². The third-order valence-corrected chi connectivity index (χ3v) is 5.05. The number of urea groups is 1. The Morgan fingerprint density at radius 2 is 2.22 bits per heavy atom. The molecule has 146 valence electrons. The van der Waals surface area contributed by atoms with E-state index in [2.05, 4.69) is 15.4 Å². The van der Waals surface area contributed by atoms with Crippen molar-refractivity contribution in [1.29, 1.82) is 5.41 Å². The maximum atomic E-state index is 13.3. The summed E-state index contributed by atoms with van der Waals surface area (Å²) in [7, 11) is 1.46. The van der Waals surface area contributed by atoms with Gasteiger partial charge < -0.3 is 20.5 Å². The number of nitrogens with zero attached hydrogens (tertiary/aromatic N) is 3. The summed E-state index contributed by atoms with van der Waals surface area (Å²) in [5, 5.41) is 15.7. The van der Waals surface area contributed by atoms with Gasteiger partial charge in [-0.1, -0.05) is 5.16 Å². The normalized spacial score (nSPS) is 15.8. The number of nitrogens with one attached hydrogen (secondary N) is 2. The van der Waals surface area contributed by atoms with Gasteiger partial charge in [-0.25, -0.2) is 9.18 Å². The number of fused-ring (bicyclic) bond motifs is 1. The highest BCUT2D eigenvalue weighted by Gasteiger charge is 2.25. The zero-order valence-electron chi connectivity index (χ0n) is 15.4. The van der Waals surface area contributed by atoms with Crippen molar-refractivity contribution in [2.75, 3.05) is 33.2 Å². The largest absolute Gasteiger partial charge is 0.356 e. The molecule has 0 saturated carbocycles. The molecule has 2 heterocycles. The Morgan fingerprint density at radius 1 is 1.48 bits per heavy atom. The van der Waals surface area contributed by atoms with Gasteiger partial charge in [0.1, 0.15) is 5.82 Å². The van der Waals surface area contributed by atoms with E-state index in [0.717, 1.165) is 54.9 Å². The Hall–Kier alpha value is -2.68. The minimum Gasteiger partial charge on any atom is -0.356 e. The van der Waals surface area contributed by atoms with Crippen LogP contribution in [-0.4, -0.2) is 60.2 Å². The first kappa shape index (κ1) is 19.1. The molecule has 0 aliphatic carbocycles. The third-order valence-electron chi connectivity index (χ3n) is 5.05. The number of carbonyl (C=O) groups excluding carboxylic acids is 1. The zero-order chi connectivity index (χ0) is 19.4. The van der Waals surface area contributed by atoms with Gasteiger partial charge in [-0.2, -0.15) is 0 Å². The monoisotopic (exact) mass is 376 g/mol. The summed E-state index contributed by atoms with van der Waals surface area (Å²) in [5.74, 6) is 0.0165. The van der Waals surface area contributed by atoms with Gasteiger partial charge in [-0.05, 0) is 51.0 Å². The number of guanidine groups is 1. The van der Waals surface area contributed by atoms with Crippen molar-refractivity contribution in [2.24, 2.45) is 5.73 Å². The quantitative estimate of drug-likeness (QED) is 0.420. The summed E-state index contributed by atoms with van der Waals surface area (Å²) in [6.07, 6.45) is 2.82. The molecule has 0 atom stereocenters. The topological polar surface area (TPSA) is 111 Å². The molecule has 0 bridgehead atoms. The van der Waals surface area contributed by atoms with Crippen LogP contribution in [0.4, 0.5) is 9.18 Å². The molecule has 1 saturated heterocycles. The van der Waals surface area contributed by atoms with Gasteiger partial charge in [-0.3, -0.25) is 10.3 Å². The molecule has 0 radical (unpaired) electrons. The van der Waals surface area contributed by atoms with Gasteiger partial charge in [0, 0.05) is 31.0 Å². The SMILES string of the molecule is CN(C(=N)NCCCN1CCC(c2noc3cc(F)ccc23)CC1)C(N)=O. The molecule has 2 amide bonds. The summed E-state index contributed by atoms with van der Waals surface area (Å²) in [6.45, 7) is 3.44. The number of amides is 2. The molecule has 2 aromatic rings. The average molecular weight is 376 g/mol.